The van der Waals surface area contributed by atoms with Gasteiger partial charge in [-0.05, 0) is 62.6 Å². The van der Waals surface area contributed by atoms with Crippen LogP contribution < -0.4 is 4.74 Å². The fourth-order valence-corrected chi connectivity index (χ4v) is 4.31. The predicted molar refractivity (Wildman–Crippen MR) is 126 cm³/mol. The first kappa shape index (κ1) is 24.6. The second-order valence-corrected chi connectivity index (χ2v) is 8.60. The standard InChI is InChI=1S/C25H28ClNO6/c1-14(2)33-10-6-9-27-21(16-7-5-8-17(28)13-16)20(23(30)25(27)31)22(29)18-11-15(3)12-19(26)24(18)32-4/h5,7-8,11-14,21,28-29H,6,9-10H2,1-4H3/b22-20+. The number of halogens is 1. The number of aromatic hydroxyl groups is 1. The molecule has 1 aliphatic heterocycles. The van der Waals surface area contributed by atoms with E-state index < -0.39 is 17.7 Å². The summed E-state index contributed by atoms with van der Waals surface area (Å²) in [4.78, 5) is 27.5. The van der Waals surface area contributed by atoms with E-state index in [4.69, 9.17) is 21.1 Å². The molecule has 0 aliphatic carbocycles. The number of amides is 1. The molecule has 1 unspecified atom stereocenters. The fraction of sp³-hybridized carbons (Fsp3) is 0.360. The topological polar surface area (TPSA) is 96.3 Å². The molecule has 2 N–H and O–H groups in total. The smallest absolute Gasteiger partial charge is 0.295 e. The van der Waals surface area contributed by atoms with Gasteiger partial charge in [0.2, 0.25) is 0 Å². The number of phenols is 1. The summed E-state index contributed by atoms with van der Waals surface area (Å²) in [6.07, 6.45) is 0.543. The molecule has 7 nitrogen and oxygen atoms in total. The molecule has 1 aliphatic rings. The van der Waals surface area contributed by atoms with E-state index in [9.17, 15) is 19.8 Å². The third-order valence-corrected chi connectivity index (χ3v) is 5.65. The van der Waals surface area contributed by atoms with Crippen LogP contribution in [-0.2, 0) is 14.3 Å². The van der Waals surface area contributed by atoms with Gasteiger partial charge < -0.3 is 24.6 Å². The summed E-state index contributed by atoms with van der Waals surface area (Å²) in [6.45, 7) is 6.27. The molecule has 8 heteroatoms. The van der Waals surface area contributed by atoms with Crippen molar-refractivity contribution in [1.29, 1.82) is 0 Å². The summed E-state index contributed by atoms with van der Waals surface area (Å²) >= 11 is 6.30. The summed E-state index contributed by atoms with van der Waals surface area (Å²) < 4.78 is 10.9. The number of aliphatic hydroxyl groups excluding tert-OH is 1. The van der Waals surface area contributed by atoms with Crippen LogP contribution in [0.5, 0.6) is 11.5 Å². The number of ketones is 1. The van der Waals surface area contributed by atoms with E-state index in [1.54, 1.807) is 31.2 Å². The fourth-order valence-electron chi connectivity index (χ4n) is 3.96. The highest BCUT2D eigenvalue weighted by Gasteiger charge is 2.46. The molecular weight excluding hydrogens is 446 g/mol. The number of aryl methyl sites for hydroxylation is 1. The van der Waals surface area contributed by atoms with Crippen LogP contribution in [0.3, 0.4) is 0 Å². The molecule has 0 aromatic heterocycles. The van der Waals surface area contributed by atoms with Crippen LogP contribution in [0.1, 0.15) is 43.0 Å². The molecule has 2 aromatic carbocycles. The number of carbonyl (C=O) groups excluding carboxylic acids is 2. The van der Waals surface area contributed by atoms with Crippen molar-refractivity contribution in [2.24, 2.45) is 0 Å². The number of methoxy groups -OCH3 is 1. The number of likely N-dealkylation sites (tertiary alicyclic amines) is 1. The number of hydrogen-bond donors (Lipinski definition) is 2. The molecule has 1 amide bonds. The average molecular weight is 474 g/mol. The minimum Gasteiger partial charge on any atom is -0.508 e. The lowest BCUT2D eigenvalue weighted by Gasteiger charge is -2.25. The quantitative estimate of drug-likeness (QED) is 0.252. The number of rotatable bonds is 8. The van der Waals surface area contributed by atoms with Gasteiger partial charge in [0.25, 0.3) is 11.7 Å². The summed E-state index contributed by atoms with van der Waals surface area (Å²) in [5, 5.41) is 21.6. The Morgan fingerprint density at radius 2 is 1.94 bits per heavy atom. The van der Waals surface area contributed by atoms with Crippen LogP contribution in [-0.4, -0.2) is 53.2 Å². The molecule has 0 spiro atoms. The number of aliphatic hydroxyl groups is 1. The Kier molecular flexibility index (Phi) is 7.66. The van der Waals surface area contributed by atoms with Crippen molar-refractivity contribution in [1.82, 2.24) is 4.90 Å². The molecular formula is C25H28ClNO6. The van der Waals surface area contributed by atoms with Crippen LogP contribution in [0.25, 0.3) is 5.76 Å². The molecule has 176 valence electrons. The maximum absolute atomic E-state index is 13.1. The minimum absolute atomic E-state index is 0.0163. The molecule has 1 heterocycles. The van der Waals surface area contributed by atoms with Gasteiger partial charge in [0.05, 0.1) is 35.4 Å². The van der Waals surface area contributed by atoms with Gasteiger partial charge >= 0.3 is 0 Å². The van der Waals surface area contributed by atoms with E-state index in [0.29, 0.717) is 18.6 Å². The second kappa shape index (κ2) is 10.3. The van der Waals surface area contributed by atoms with E-state index >= 15 is 0 Å². The Bertz CT molecular complexity index is 1090. The molecule has 1 fully saturated rings. The molecule has 3 rings (SSSR count). The highest BCUT2D eigenvalue weighted by Crippen LogP contribution is 2.43. The Balaban J connectivity index is 2.14. The summed E-state index contributed by atoms with van der Waals surface area (Å²) in [5.41, 5.74) is 1.37. The van der Waals surface area contributed by atoms with Crippen LogP contribution in [0.15, 0.2) is 42.0 Å². The lowest BCUT2D eigenvalue weighted by Crippen LogP contribution is -2.31. The van der Waals surface area contributed by atoms with Gasteiger partial charge in [-0.15, -0.1) is 0 Å². The van der Waals surface area contributed by atoms with Gasteiger partial charge in [-0.3, -0.25) is 9.59 Å². The van der Waals surface area contributed by atoms with E-state index in [-0.39, 0.29) is 46.1 Å². The number of ether oxygens (including phenoxy) is 2. The Hall–Kier alpha value is -3.03. The predicted octanol–water partition coefficient (Wildman–Crippen LogP) is 4.60. The van der Waals surface area contributed by atoms with Crippen molar-refractivity contribution in [3.05, 3.63) is 63.7 Å². The molecule has 2 aromatic rings. The zero-order valence-corrected chi connectivity index (χ0v) is 19.8. The second-order valence-electron chi connectivity index (χ2n) is 8.19. The number of hydrogen-bond acceptors (Lipinski definition) is 6. The molecule has 0 radical (unpaired) electrons. The van der Waals surface area contributed by atoms with Gasteiger partial charge in [0.1, 0.15) is 17.3 Å². The van der Waals surface area contributed by atoms with Crippen molar-refractivity contribution < 1.29 is 29.3 Å². The number of Topliss-reactive ketones (excluding diaryl/α,β-unsaturated/α-hetero) is 1. The maximum Gasteiger partial charge on any atom is 0.295 e. The first-order valence-electron chi connectivity index (χ1n) is 10.7. The third-order valence-electron chi connectivity index (χ3n) is 5.37. The number of benzene rings is 2. The van der Waals surface area contributed by atoms with Crippen molar-refractivity contribution in [3.8, 4) is 11.5 Å². The first-order valence-corrected chi connectivity index (χ1v) is 11.1. The zero-order chi connectivity index (χ0) is 24.3. The van der Waals surface area contributed by atoms with E-state index in [1.165, 1.54) is 24.1 Å². The first-order chi connectivity index (χ1) is 15.6. The van der Waals surface area contributed by atoms with Crippen molar-refractivity contribution in [2.45, 2.75) is 39.3 Å². The molecule has 33 heavy (non-hydrogen) atoms. The third kappa shape index (κ3) is 5.15. The number of nitrogens with zero attached hydrogens (tertiary/aromatic N) is 1. The van der Waals surface area contributed by atoms with E-state index in [0.717, 1.165) is 5.56 Å². The monoisotopic (exact) mass is 473 g/mol. The maximum atomic E-state index is 13.1. The van der Waals surface area contributed by atoms with Gasteiger partial charge in [0, 0.05) is 13.2 Å². The van der Waals surface area contributed by atoms with Crippen molar-refractivity contribution in [2.75, 3.05) is 20.3 Å². The molecule has 1 saturated heterocycles. The Labute approximate surface area is 198 Å². The summed E-state index contributed by atoms with van der Waals surface area (Å²) in [7, 11) is 1.41. The lowest BCUT2D eigenvalue weighted by atomic mass is 9.94. The highest BCUT2D eigenvalue weighted by molar-refractivity contribution is 6.46. The van der Waals surface area contributed by atoms with Crippen LogP contribution >= 0.6 is 11.6 Å². The molecule has 1 atom stereocenters. The van der Waals surface area contributed by atoms with Gasteiger partial charge in [-0.1, -0.05) is 23.7 Å². The molecule has 0 saturated carbocycles. The van der Waals surface area contributed by atoms with Gasteiger partial charge in [-0.25, -0.2) is 0 Å². The van der Waals surface area contributed by atoms with Crippen molar-refractivity contribution in [3.63, 3.8) is 0 Å². The lowest BCUT2D eigenvalue weighted by molar-refractivity contribution is -0.140. The molecule has 0 bridgehead atoms. The zero-order valence-electron chi connectivity index (χ0n) is 19.1. The highest BCUT2D eigenvalue weighted by atomic mass is 35.5. The van der Waals surface area contributed by atoms with Crippen LogP contribution in [0.4, 0.5) is 0 Å². The average Bonchev–Trinajstić information content (AvgIpc) is 3.00. The Morgan fingerprint density at radius 1 is 1.21 bits per heavy atom. The SMILES string of the molecule is COc1c(Cl)cc(C)cc1/C(O)=C1\C(=O)C(=O)N(CCCOC(C)C)C1c1cccc(O)c1. The van der Waals surface area contributed by atoms with Crippen LogP contribution in [0, 0.1) is 6.92 Å². The van der Waals surface area contributed by atoms with E-state index in [2.05, 4.69) is 0 Å². The largest absolute Gasteiger partial charge is 0.508 e. The summed E-state index contributed by atoms with van der Waals surface area (Å²) in [5.74, 6) is -1.74. The normalized spacial score (nSPS) is 17.8. The van der Waals surface area contributed by atoms with Crippen molar-refractivity contribution >= 4 is 29.1 Å². The number of carbonyl (C=O) groups is 2. The van der Waals surface area contributed by atoms with Gasteiger partial charge in [0.15, 0.2) is 0 Å². The number of phenolic OH excluding ortho intramolecular Hbond substituents is 1. The Morgan fingerprint density at radius 3 is 2.58 bits per heavy atom. The van der Waals surface area contributed by atoms with E-state index in [1.807, 2.05) is 13.8 Å². The van der Waals surface area contributed by atoms with Crippen LogP contribution in [0.2, 0.25) is 5.02 Å². The van der Waals surface area contributed by atoms with Gasteiger partial charge in [-0.2, -0.15) is 0 Å². The summed E-state index contributed by atoms with van der Waals surface area (Å²) in [6, 6.07) is 8.72. The minimum atomic E-state index is -0.889.